The minimum atomic E-state index is 0.754. The predicted octanol–water partition coefficient (Wildman–Crippen LogP) is 5.38. The smallest absolute Gasteiger partial charge is 0.232 e. The second-order valence-electron chi connectivity index (χ2n) is 6.21. The lowest BCUT2D eigenvalue weighted by molar-refractivity contribution is 0.749. The lowest BCUT2D eigenvalue weighted by atomic mass is 10.0. The van der Waals surface area contributed by atoms with Crippen molar-refractivity contribution in [2.45, 2.75) is 19.8 Å². The first-order chi connectivity index (χ1) is 12.2. The van der Waals surface area contributed by atoms with Crippen LogP contribution in [0.4, 0.5) is 23.1 Å². The summed E-state index contributed by atoms with van der Waals surface area (Å²) in [6.07, 6.45) is 2.23. The van der Waals surface area contributed by atoms with Gasteiger partial charge in [-0.25, -0.2) is 4.98 Å². The Morgan fingerprint density at radius 2 is 1.92 bits per heavy atom. The molecule has 2 aromatic carbocycles. The van der Waals surface area contributed by atoms with Crippen molar-refractivity contribution in [1.82, 2.24) is 9.97 Å². The predicted molar refractivity (Wildman–Crippen MR) is 106 cm³/mol. The van der Waals surface area contributed by atoms with E-state index in [1.54, 1.807) is 0 Å². The molecule has 0 saturated heterocycles. The zero-order chi connectivity index (χ0) is 17.2. The molecule has 0 radical (unpaired) electrons. The molecule has 4 rings (SSSR count). The second kappa shape index (κ2) is 6.84. The number of aromatic nitrogens is 2. The van der Waals surface area contributed by atoms with Crippen LogP contribution in [0.3, 0.4) is 0 Å². The first kappa shape index (κ1) is 16.1. The molecule has 4 nitrogen and oxygen atoms in total. The lowest BCUT2D eigenvalue weighted by Gasteiger charge is -2.29. The highest BCUT2D eigenvalue weighted by Crippen LogP contribution is 2.32. The molecule has 1 N–H and O–H groups in total. The van der Waals surface area contributed by atoms with Gasteiger partial charge in [-0.3, -0.25) is 0 Å². The number of hydrogen-bond donors (Lipinski definition) is 1. The van der Waals surface area contributed by atoms with E-state index in [0.717, 1.165) is 47.0 Å². The average Bonchev–Trinajstić information content (AvgIpc) is 2.61. The molecule has 0 spiro atoms. The monoisotopic (exact) mass is 394 g/mol. The molecule has 0 amide bonds. The fraction of sp³-hybridized carbons (Fsp3) is 0.200. The summed E-state index contributed by atoms with van der Waals surface area (Å²) in [5.74, 6) is 1.56. The number of nitrogens with one attached hydrogen (secondary N) is 1. The van der Waals surface area contributed by atoms with Crippen LogP contribution in [0.15, 0.2) is 59.1 Å². The molecule has 126 valence electrons. The Morgan fingerprint density at radius 3 is 2.80 bits per heavy atom. The third-order valence-electron chi connectivity index (χ3n) is 4.29. The van der Waals surface area contributed by atoms with E-state index >= 15 is 0 Å². The van der Waals surface area contributed by atoms with E-state index in [2.05, 4.69) is 55.4 Å². The molecule has 0 bridgehead atoms. The van der Waals surface area contributed by atoms with E-state index in [9.17, 15) is 0 Å². The molecular weight excluding hydrogens is 376 g/mol. The van der Waals surface area contributed by atoms with Gasteiger partial charge in [0.05, 0.1) is 0 Å². The Morgan fingerprint density at radius 1 is 1.04 bits per heavy atom. The van der Waals surface area contributed by atoms with Crippen LogP contribution in [0.1, 0.15) is 17.7 Å². The van der Waals surface area contributed by atoms with E-state index in [4.69, 9.17) is 4.98 Å². The first-order valence-electron chi connectivity index (χ1n) is 8.43. The minimum absolute atomic E-state index is 0.754. The SMILES string of the molecule is Cc1cc(Nc2cccc(Br)c2)nc(N2CCCc3ccccc32)n1. The molecule has 2 heterocycles. The molecule has 0 aliphatic carbocycles. The molecule has 3 aromatic rings. The second-order valence-corrected chi connectivity index (χ2v) is 7.13. The van der Waals surface area contributed by atoms with Gasteiger partial charge in [0.2, 0.25) is 5.95 Å². The number of halogens is 1. The third kappa shape index (κ3) is 3.51. The van der Waals surface area contributed by atoms with E-state index in [0.29, 0.717) is 0 Å². The van der Waals surface area contributed by atoms with Gasteiger partial charge < -0.3 is 10.2 Å². The lowest BCUT2D eigenvalue weighted by Crippen LogP contribution is -2.26. The quantitative estimate of drug-likeness (QED) is 0.647. The standard InChI is InChI=1S/C20H19BrN4/c1-14-12-19(23-17-9-4-8-16(21)13-17)24-20(22-14)25-11-5-7-15-6-2-3-10-18(15)25/h2-4,6,8-10,12-13H,5,7,11H2,1H3,(H,22,23,24). The summed E-state index contributed by atoms with van der Waals surface area (Å²) < 4.78 is 1.04. The van der Waals surface area contributed by atoms with E-state index in [1.165, 1.54) is 11.3 Å². The summed E-state index contributed by atoms with van der Waals surface area (Å²) in [5.41, 5.74) is 4.52. The minimum Gasteiger partial charge on any atom is -0.340 e. The van der Waals surface area contributed by atoms with Gasteiger partial charge >= 0.3 is 0 Å². The molecule has 0 atom stereocenters. The van der Waals surface area contributed by atoms with Crippen LogP contribution < -0.4 is 10.2 Å². The van der Waals surface area contributed by atoms with Crippen molar-refractivity contribution >= 4 is 39.1 Å². The molecule has 0 unspecified atom stereocenters. The van der Waals surface area contributed by atoms with Crippen LogP contribution in [0, 0.1) is 6.92 Å². The van der Waals surface area contributed by atoms with Crippen LogP contribution >= 0.6 is 15.9 Å². The Bertz CT molecular complexity index is 910. The normalized spacial score (nSPS) is 13.4. The molecule has 5 heteroatoms. The molecule has 0 fully saturated rings. The zero-order valence-corrected chi connectivity index (χ0v) is 15.6. The highest BCUT2D eigenvalue weighted by Gasteiger charge is 2.20. The van der Waals surface area contributed by atoms with Crippen LogP contribution in [0.25, 0.3) is 0 Å². The van der Waals surface area contributed by atoms with E-state index < -0.39 is 0 Å². The van der Waals surface area contributed by atoms with Gasteiger partial charge in [-0.05, 0) is 49.6 Å². The fourth-order valence-electron chi connectivity index (χ4n) is 3.19. The van der Waals surface area contributed by atoms with E-state index in [-0.39, 0.29) is 0 Å². The number of rotatable bonds is 3. The Balaban J connectivity index is 1.69. The van der Waals surface area contributed by atoms with Gasteiger partial charge in [-0.15, -0.1) is 0 Å². The van der Waals surface area contributed by atoms with Crippen molar-refractivity contribution in [3.8, 4) is 0 Å². The number of nitrogens with zero attached hydrogens (tertiary/aromatic N) is 3. The number of aryl methyl sites for hydroxylation is 2. The topological polar surface area (TPSA) is 41.1 Å². The van der Waals surface area contributed by atoms with Crippen LogP contribution in [-0.4, -0.2) is 16.5 Å². The highest BCUT2D eigenvalue weighted by molar-refractivity contribution is 9.10. The highest BCUT2D eigenvalue weighted by atomic mass is 79.9. The Kier molecular flexibility index (Phi) is 4.40. The van der Waals surface area contributed by atoms with Gasteiger partial charge in [0.15, 0.2) is 0 Å². The van der Waals surface area contributed by atoms with Crippen molar-refractivity contribution in [3.63, 3.8) is 0 Å². The van der Waals surface area contributed by atoms with Gasteiger partial charge in [0.25, 0.3) is 0 Å². The maximum absolute atomic E-state index is 4.77. The van der Waals surface area contributed by atoms with Crippen molar-refractivity contribution in [3.05, 3.63) is 70.3 Å². The maximum Gasteiger partial charge on any atom is 0.232 e. The summed E-state index contributed by atoms with van der Waals surface area (Å²) in [6.45, 7) is 2.95. The summed E-state index contributed by atoms with van der Waals surface area (Å²) in [4.78, 5) is 11.7. The molecule has 25 heavy (non-hydrogen) atoms. The third-order valence-corrected chi connectivity index (χ3v) is 4.78. The maximum atomic E-state index is 4.77. The molecule has 1 aliphatic rings. The first-order valence-corrected chi connectivity index (χ1v) is 9.22. The van der Waals surface area contributed by atoms with Crippen LogP contribution in [0.2, 0.25) is 0 Å². The van der Waals surface area contributed by atoms with Crippen molar-refractivity contribution < 1.29 is 0 Å². The number of para-hydroxylation sites is 1. The number of anilines is 4. The summed E-state index contributed by atoms with van der Waals surface area (Å²) in [7, 11) is 0. The van der Waals surface area contributed by atoms with Crippen LogP contribution in [0.5, 0.6) is 0 Å². The summed E-state index contributed by atoms with van der Waals surface area (Å²) in [6, 6.07) is 18.6. The molecular formula is C20H19BrN4. The van der Waals surface area contributed by atoms with Crippen LogP contribution in [-0.2, 0) is 6.42 Å². The molecule has 0 saturated carbocycles. The number of benzene rings is 2. The Labute approximate surface area is 156 Å². The Hall–Kier alpha value is -2.40. The van der Waals surface area contributed by atoms with Crippen molar-refractivity contribution in [2.24, 2.45) is 0 Å². The summed E-state index contributed by atoms with van der Waals surface area (Å²) >= 11 is 3.50. The number of fused-ring (bicyclic) bond motifs is 1. The van der Waals surface area contributed by atoms with Gasteiger partial charge in [0.1, 0.15) is 5.82 Å². The zero-order valence-electron chi connectivity index (χ0n) is 14.0. The fourth-order valence-corrected chi connectivity index (χ4v) is 3.59. The van der Waals surface area contributed by atoms with Gasteiger partial charge in [-0.1, -0.05) is 40.2 Å². The average molecular weight is 395 g/mol. The van der Waals surface area contributed by atoms with Gasteiger partial charge in [-0.2, -0.15) is 4.98 Å². The summed E-state index contributed by atoms with van der Waals surface area (Å²) in [5, 5.41) is 3.38. The van der Waals surface area contributed by atoms with Gasteiger partial charge in [0, 0.05) is 34.2 Å². The number of hydrogen-bond acceptors (Lipinski definition) is 4. The van der Waals surface area contributed by atoms with Crippen molar-refractivity contribution in [2.75, 3.05) is 16.8 Å². The van der Waals surface area contributed by atoms with E-state index in [1.807, 2.05) is 37.3 Å². The van der Waals surface area contributed by atoms with Crippen molar-refractivity contribution in [1.29, 1.82) is 0 Å². The molecule has 1 aliphatic heterocycles. The largest absolute Gasteiger partial charge is 0.340 e. The molecule has 1 aromatic heterocycles.